The van der Waals surface area contributed by atoms with Crippen LogP contribution in [0.3, 0.4) is 0 Å². The molecule has 0 saturated heterocycles. The lowest BCUT2D eigenvalue weighted by molar-refractivity contribution is 0.780. The fraction of sp³-hybridized carbons (Fsp3) is 0.308. The summed E-state index contributed by atoms with van der Waals surface area (Å²) in [6.45, 7) is 2.18. The predicted molar refractivity (Wildman–Crippen MR) is 65.4 cm³/mol. The minimum Gasteiger partial charge on any atom is -0.253 e. The number of pyridine rings is 1. The van der Waals surface area contributed by atoms with Crippen molar-refractivity contribution in [2.45, 2.75) is 26.2 Å². The number of aryl methyl sites for hydroxylation is 1. The number of unbranched alkanes of at least 4 members (excludes halogenated alkanes) is 1. The first-order valence-electron chi connectivity index (χ1n) is 5.35. The molecule has 0 fully saturated rings. The SMILES string of the molecule is CCCCc1cc(Cl)c2ccccc2n1. The molecule has 1 aromatic heterocycles. The predicted octanol–water partition coefficient (Wildman–Crippen LogP) is 4.23. The van der Waals surface area contributed by atoms with Crippen molar-refractivity contribution in [3.63, 3.8) is 0 Å². The molecule has 0 amide bonds. The molecule has 0 bridgehead atoms. The van der Waals surface area contributed by atoms with Gasteiger partial charge >= 0.3 is 0 Å². The monoisotopic (exact) mass is 219 g/mol. The Hall–Kier alpha value is -1.08. The van der Waals surface area contributed by atoms with Crippen LogP contribution in [0.15, 0.2) is 30.3 Å². The van der Waals surface area contributed by atoms with Crippen molar-refractivity contribution in [1.82, 2.24) is 4.98 Å². The molecule has 2 rings (SSSR count). The van der Waals surface area contributed by atoms with Crippen molar-refractivity contribution < 1.29 is 0 Å². The summed E-state index contributed by atoms with van der Waals surface area (Å²) >= 11 is 6.20. The van der Waals surface area contributed by atoms with Gasteiger partial charge in [-0.3, -0.25) is 4.98 Å². The first-order chi connectivity index (χ1) is 7.31. The number of aromatic nitrogens is 1. The zero-order valence-corrected chi connectivity index (χ0v) is 9.59. The quantitative estimate of drug-likeness (QED) is 0.753. The average molecular weight is 220 g/mol. The Morgan fingerprint density at radius 1 is 1.27 bits per heavy atom. The molecule has 78 valence electrons. The van der Waals surface area contributed by atoms with Crippen LogP contribution < -0.4 is 0 Å². The van der Waals surface area contributed by atoms with Crippen LogP contribution in [0.4, 0.5) is 0 Å². The Morgan fingerprint density at radius 3 is 2.87 bits per heavy atom. The van der Waals surface area contributed by atoms with E-state index in [0.717, 1.165) is 28.0 Å². The van der Waals surface area contributed by atoms with Gasteiger partial charge in [-0.15, -0.1) is 0 Å². The van der Waals surface area contributed by atoms with Gasteiger partial charge in [-0.1, -0.05) is 43.1 Å². The zero-order chi connectivity index (χ0) is 10.7. The second-order valence-corrected chi connectivity index (χ2v) is 4.12. The molecule has 0 N–H and O–H groups in total. The van der Waals surface area contributed by atoms with Gasteiger partial charge in [-0.2, -0.15) is 0 Å². The van der Waals surface area contributed by atoms with Gasteiger partial charge in [0, 0.05) is 11.1 Å². The van der Waals surface area contributed by atoms with E-state index >= 15 is 0 Å². The summed E-state index contributed by atoms with van der Waals surface area (Å²) in [4.78, 5) is 4.59. The van der Waals surface area contributed by atoms with E-state index in [1.54, 1.807) is 0 Å². The molecule has 0 unspecified atom stereocenters. The Bertz CT molecular complexity index is 465. The summed E-state index contributed by atoms with van der Waals surface area (Å²) in [7, 11) is 0. The van der Waals surface area contributed by atoms with Gasteiger partial charge in [0.1, 0.15) is 0 Å². The molecular weight excluding hydrogens is 206 g/mol. The van der Waals surface area contributed by atoms with Gasteiger partial charge in [0.2, 0.25) is 0 Å². The van der Waals surface area contributed by atoms with Crippen LogP contribution in [0.25, 0.3) is 10.9 Å². The van der Waals surface area contributed by atoms with E-state index in [1.807, 2.05) is 30.3 Å². The fourth-order valence-electron chi connectivity index (χ4n) is 1.67. The molecule has 15 heavy (non-hydrogen) atoms. The van der Waals surface area contributed by atoms with Crippen LogP contribution in [0, 0.1) is 0 Å². The smallest absolute Gasteiger partial charge is 0.0720 e. The summed E-state index contributed by atoms with van der Waals surface area (Å²) in [6, 6.07) is 9.99. The van der Waals surface area contributed by atoms with Gasteiger partial charge in [-0.05, 0) is 25.0 Å². The maximum absolute atomic E-state index is 6.20. The van der Waals surface area contributed by atoms with Crippen molar-refractivity contribution in [3.05, 3.63) is 41.0 Å². The largest absolute Gasteiger partial charge is 0.253 e. The Balaban J connectivity index is 2.43. The summed E-state index contributed by atoms with van der Waals surface area (Å²) in [6.07, 6.45) is 3.37. The van der Waals surface area contributed by atoms with Crippen molar-refractivity contribution in [2.24, 2.45) is 0 Å². The highest BCUT2D eigenvalue weighted by molar-refractivity contribution is 6.35. The standard InChI is InChI=1S/C13H14ClN/c1-2-3-6-10-9-12(14)11-7-4-5-8-13(11)15-10/h4-5,7-9H,2-3,6H2,1H3. The van der Waals surface area contributed by atoms with Crippen LogP contribution in [-0.4, -0.2) is 4.98 Å². The van der Waals surface area contributed by atoms with Crippen LogP contribution in [0.1, 0.15) is 25.5 Å². The molecule has 2 aromatic rings. The third kappa shape index (κ3) is 2.29. The number of hydrogen-bond acceptors (Lipinski definition) is 1. The average Bonchev–Trinajstić information content (AvgIpc) is 2.26. The molecule has 1 nitrogen and oxygen atoms in total. The number of fused-ring (bicyclic) bond motifs is 1. The van der Waals surface area contributed by atoms with E-state index in [0.29, 0.717) is 0 Å². The third-order valence-electron chi connectivity index (χ3n) is 2.51. The van der Waals surface area contributed by atoms with E-state index in [1.165, 1.54) is 12.8 Å². The van der Waals surface area contributed by atoms with Gasteiger partial charge < -0.3 is 0 Å². The molecule has 2 heteroatoms. The fourth-order valence-corrected chi connectivity index (χ4v) is 1.96. The lowest BCUT2D eigenvalue weighted by Gasteiger charge is -2.04. The van der Waals surface area contributed by atoms with Crippen molar-refractivity contribution in [3.8, 4) is 0 Å². The molecule has 0 aliphatic rings. The lowest BCUT2D eigenvalue weighted by Crippen LogP contribution is -1.91. The second kappa shape index (κ2) is 4.63. The summed E-state index contributed by atoms with van der Waals surface area (Å²) in [5, 5.41) is 1.85. The third-order valence-corrected chi connectivity index (χ3v) is 2.82. The highest BCUT2D eigenvalue weighted by Crippen LogP contribution is 2.23. The van der Waals surface area contributed by atoms with E-state index in [2.05, 4.69) is 11.9 Å². The first-order valence-corrected chi connectivity index (χ1v) is 5.73. The van der Waals surface area contributed by atoms with Crippen LogP contribution in [0.5, 0.6) is 0 Å². The van der Waals surface area contributed by atoms with Gasteiger partial charge in [0.25, 0.3) is 0 Å². The number of hydrogen-bond donors (Lipinski definition) is 0. The minimum absolute atomic E-state index is 0.812. The zero-order valence-electron chi connectivity index (χ0n) is 8.83. The molecule has 1 heterocycles. The molecule has 0 atom stereocenters. The highest BCUT2D eigenvalue weighted by atomic mass is 35.5. The normalized spacial score (nSPS) is 10.8. The molecule has 0 radical (unpaired) electrons. The first kappa shape index (κ1) is 10.4. The van der Waals surface area contributed by atoms with Crippen LogP contribution in [0.2, 0.25) is 5.02 Å². The topological polar surface area (TPSA) is 12.9 Å². The maximum Gasteiger partial charge on any atom is 0.0720 e. The van der Waals surface area contributed by atoms with Crippen molar-refractivity contribution in [1.29, 1.82) is 0 Å². The van der Waals surface area contributed by atoms with E-state index < -0.39 is 0 Å². The lowest BCUT2D eigenvalue weighted by atomic mass is 10.1. The molecule has 0 aliphatic heterocycles. The second-order valence-electron chi connectivity index (χ2n) is 3.72. The molecule has 0 aliphatic carbocycles. The van der Waals surface area contributed by atoms with Crippen molar-refractivity contribution in [2.75, 3.05) is 0 Å². The molecular formula is C13H14ClN. The molecule has 1 aromatic carbocycles. The van der Waals surface area contributed by atoms with Crippen molar-refractivity contribution >= 4 is 22.5 Å². The molecule has 0 spiro atoms. The van der Waals surface area contributed by atoms with Gasteiger partial charge in [0.15, 0.2) is 0 Å². The number of halogens is 1. The van der Waals surface area contributed by atoms with Gasteiger partial charge in [0.05, 0.1) is 10.5 Å². The number of para-hydroxylation sites is 1. The number of nitrogens with zero attached hydrogens (tertiary/aromatic N) is 1. The van der Waals surface area contributed by atoms with Crippen LogP contribution >= 0.6 is 11.6 Å². The summed E-state index contributed by atoms with van der Waals surface area (Å²) in [5.41, 5.74) is 2.09. The highest BCUT2D eigenvalue weighted by Gasteiger charge is 2.02. The Labute approximate surface area is 95.1 Å². The van der Waals surface area contributed by atoms with Gasteiger partial charge in [-0.25, -0.2) is 0 Å². The maximum atomic E-state index is 6.20. The molecule has 0 saturated carbocycles. The summed E-state index contributed by atoms with van der Waals surface area (Å²) in [5.74, 6) is 0. The van der Waals surface area contributed by atoms with E-state index in [-0.39, 0.29) is 0 Å². The van der Waals surface area contributed by atoms with E-state index in [4.69, 9.17) is 11.6 Å². The Morgan fingerprint density at radius 2 is 2.07 bits per heavy atom. The summed E-state index contributed by atoms with van der Waals surface area (Å²) < 4.78 is 0. The van der Waals surface area contributed by atoms with Crippen LogP contribution in [-0.2, 0) is 6.42 Å². The number of benzene rings is 1. The van der Waals surface area contributed by atoms with E-state index in [9.17, 15) is 0 Å². The Kier molecular flexibility index (Phi) is 3.22. The minimum atomic E-state index is 0.812. The number of rotatable bonds is 3.